The molecule has 1 aliphatic heterocycles. The molecule has 0 aliphatic carbocycles. The molecule has 4 nitrogen and oxygen atoms in total. The second-order valence-electron chi connectivity index (χ2n) is 5.69. The van der Waals surface area contributed by atoms with Crippen LogP contribution in [0.2, 0.25) is 8.94 Å². The molecule has 24 heavy (non-hydrogen) atoms. The maximum absolute atomic E-state index is 12.5. The molecule has 0 spiro atoms. The van der Waals surface area contributed by atoms with Gasteiger partial charge in [0, 0.05) is 0 Å². The zero-order valence-electron chi connectivity index (χ0n) is 13.4. The molecule has 126 valence electrons. The third-order valence-corrected chi connectivity index (χ3v) is 11.7. The van der Waals surface area contributed by atoms with Crippen LogP contribution in [0.15, 0.2) is 60.7 Å². The number of benzene rings is 2. The van der Waals surface area contributed by atoms with Gasteiger partial charge in [0.2, 0.25) is 0 Å². The Hall–Kier alpha value is -1.83. The molecular formula is C19H20O4Te. The molecule has 2 aromatic carbocycles. The number of carbonyl (C=O) groups is 2. The van der Waals surface area contributed by atoms with E-state index in [4.69, 9.17) is 6.20 Å². The first-order chi connectivity index (χ1) is 11.7. The number of hydrogen-bond acceptors (Lipinski definition) is 4. The van der Waals surface area contributed by atoms with Gasteiger partial charge in [-0.15, -0.1) is 0 Å². The Kier molecular flexibility index (Phi) is 5.55. The van der Waals surface area contributed by atoms with Crippen LogP contribution in [0, 0.1) is 0 Å². The zero-order valence-corrected chi connectivity index (χ0v) is 15.7. The van der Waals surface area contributed by atoms with E-state index >= 15 is 0 Å². The molecule has 1 aliphatic rings. The van der Waals surface area contributed by atoms with Gasteiger partial charge >= 0.3 is 147 Å². The Labute approximate surface area is 146 Å². The SMILES string of the molecule is O=C(O[Te]1(OC(=O)c2ccccc2)CCCCC1)c1ccccc1. The summed E-state index contributed by atoms with van der Waals surface area (Å²) in [6.45, 7) is 0. The monoisotopic (exact) mass is 442 g/mol. The quantitative estimate of drug-likeness (QED) is 0.665. The fraction of sp³-hybridized carbons (Fsp3) is 0.263. The number of carbonyl (C=O) groups excluding carboxylic acids is 2. The van der Waals surface area contributed by atoms with Crippen LogP contribution in [0.5, 0.6) is 0 Å². The number of rotatable bonds is 4. The standard InChI is InChI=1S/C19H20O4Te/c20-18(16-10-4-1-5-11-16)22-24(14-8-3-9-15-24)23-19(21)17-12-6-2-7-13-17/h1-2,4-7,10-13H,3,8-9,14-15H2. The van der Waals surface area contributed by atoms with Crippen LogP contribution in [0.25, 0.3) is 0 Å². The first-order valence-corrected chi connectivity index (χ1v) is 13.2. The molecule has 1 heterocycles. The Balaban J connectivity index is 1.77. The van der Waals surface area contributed by atoms with Crippen LogP contribution in [0.1, 0.15) is 40.0 Å². The summed E-state index contributed by atoms with van der Waals surface area (Å²) in [4.78, 5) is 24.9. The summed E-state index contributed by atoms with van der Waals surface area (Å²) in [5, 5.41) is 0. The Morgan fingerprint density at radius 3 is 1.50 bits per heavy atom. The Morgan fingerprint density at radius 2 is 1.08 bits per heavy atom. The van der Waals surface area contributed by atoms with E-state index in [9.17, 15) is 9.59 Å². The first kappa shape index (κ1) is 17.0. The summed E-state index contributed by atoms with van der Waals surface area (Å²) in [5.41, 5.74) is 1.01. The third kappa shape index (κ3) is 4.17. The van der Waals surface area contributed by atoms with Crippen molar-refractivity contribution < 1.29 is 15.8 Å². The second kappa shape index (κ2) is 7.83. The molecule has 0 radical (unpaired) electrons. The third-order valence-electron chi connectivity index (χ3n) is 3.88. The average Bonchev–Trinajstić information content (AvgIpc) is 2.64. The summed E-state index contributed by atoms with van der Waals surface area (Å²) in [6, 6.07) is 17.8. The summed E-state index contributed by atoms with van der Waals surface area (Å²) < 4.78 is 13.2. The van der Waals surface area contributed by atoms with E-state index in [0.717, 1.165) is 28.2 Å². The van der Waals surface area contributed by atoms with Crippen LogP contribution < -0.4 is 0 Å². The molecule has 1 saturated heterocycles. The van der Waals surface area contributed by atoms with E-state index in [1.807, 2.05) is 12.1 Å². The fourth-order valence-electron chi connectivity index (χ4n) is 2.63. The molecule has 0 aromatic heterocycles. The maximum atomic E-state index is 12.5. The first-order valence-electron chi connectivity index (χ1n) is 8.05. The molecule has 0 atom stereocenters. The van der Waals surface area contributed by atoms with Crippen LogP contribution in [-0.4, -0.2) is 30.9 Å². The molecule has 1 fully saturated rings. The van der Waals surface area contributed by atoms with Gasteiger partial charge in [0.15, 0.2) is 0 Å². The van der Waals surface area contributed by atoms with Crippen LogP contribution >= 0.6 is 0 Å². The normalized spacial score (nSPS) is 17.5. The topological polar surface area (TPSA) is 52.6 Å². The molecule has 2 aromatic rings. The summed E-state index contributed by atoms with van der Waals surface area (Å²) in [5.74, 6) is -0.751. The van der Waals surface area contributed by atoms with Crippen molar-refractivity contribution in [3.8, 4) is 0 Å². The molecular weight excluding hydrogens is 420 g/mol. The van der Waals surface area contributed by atoms with Gasteiger partial charge in [-0.3, -0.25) is 0 Å². The molecule has 0 N–H and O–H groups in total. The van der Waals surface area contributed by atoms with Crippen LogP contribution in [-0.2, 0) is 6.20 Å². The van der Waals surface area contributed by atoms with E-state index < -0.39 is 19.0 Å². The van der Waals surface area contributed by atoms with Gasteiger partial charge in [0.25, 0.3) is 0 Å². The van der Waals surface area contributed by atoms with Gasteiger partial charge < -0.3 is 0 Å². The summed E-state index contributed by atoms with van der Waals surface area (Å²) in [6.07, 6.45) is 3.00. The summed E-state index contributed by atoms with van der Waals surface area (Å²) >= 11 is -3.50. The second-order valence-corrected chi connectivity index (χ2v) is 13.2. The number of hydrogen-bond donors (Lipinski definition) is 0. The zero-order chi connectivity index (χ0) is 16.8. The van der Waals surface area contributed by atoms with E-state index in [0.29, 0.717) is 11.1 Å². The van der Waals surface area contributed by atoms with E-state index in [1.165, 1.54) is 0 Å². The van der Waals surface area contributed by atoms with Gasteiger partial charge in [-0.2, -0.15) is 0 Å². The Morgan fingerprint density at radius 1 is 0.667 bits per heavy atom. The van der Waals surface area contributed by atoms with Gasteiger partial charge in [-0.1, -0.05) is 0 Å². The van der Waals surface area contributed by atoms with Gasteiger partial charge in [-0.25, -0.2) is 0 Å². The Bertz CT molecular complexity index is 638. The fourth-order valence-corrected chi connectivity index (χ4v) is 10.1. The molecule has 0 saturated carbocycles. The van der Waals surface area contributed by atoms with Crippen molar-refractivity contribution in [1.82, 2.24) is 0 Å². The van der Waals surface area contributed by atoms with Crippen LogP contribution in [0.3, 0.4) is 0 Å². The van der Waals surface area contributed by atoms with Crippen LogP contribution in [0.4, 0.5) is 0 Å². The predicted molar refractivity (Wildman–Crippen MR) is 92.9 cm³/mol. The van der Waals surface area contributed by atoms with Gasteiger partial charge in [0.1, 0.15) is 0 Å². The van der Waals surface area contributed by atoms with Gasteiger partial charge in [0.05, 0.1) is 0 Å². The van der Waals surface area contributed by atoms with Crippen molar-refractivity contribution in [2.75, 3.05) is 0 Å². The van der Waals surface area contributed by atoms with E-state index in [2.05, 4.69) is 0 Å². The molecule has 0 bridgehead atoms. The van der Waals surface area contributed by atoms with E-state index in [-0.39, 0.29) is 11.9 Å². The van der Waals surface area contributed by atoms with Crippen molar-refractivity contribution >= 4 is 30.9 Å². The van der Waals surface area contributed by atoms with Crippen molar-refractivity contribution in [1.29, 1.82) is 0 Å². The van der Waals surface area contributed by atoms with E-state index in [1.54, 1.807) is 48.5 Å². The van der Waals surface area contributed by atoms with Crippen molar-refractivity contribution in [3.05, 3.63) is 71.8 Å². The molecule has 0 unspecified atom stereocenters. The molecule has 0 amide bonds. The van der Waals surface area contributed by atoms with Crippen molar-refractivity contribution in [2.24, 2.45) is 0 Å². The minimum atomic E-state index is -3.50. The molecule has 5 heteroatoms. The van der Waals surface area contributed by atoms with Gasteiger partial charge in [-0.05, 0) is 0 Å². The predicted octanol–water partition coefficient (Wildman–Crippen LogP) is 4.33. The summed E-state index contributed by atoms with van der Waals surface area (Å²) in [7, 11) is 0. The molecule has 3 rings (SSSR count). The minimum absolute atomic E-state index is 0.375. The average molecular weight is 440 g/mol. The van der Waals surface area contributed by atoms with Crippen molar-refractivity contribution in [3.63, 3.8) is 0 Å². The van der Waals surface area contributed by atoms with Crippen molar-refractivity contribution in [2.45, 2.75) is 28.2 Å².